The molecule has 2 heterocycles. The number of aliphatic hydroxyl groups excluding tert-OH is 1. The quantitative estimate of drug-likeness (QED) is 0.828. The van der Waals surface area contributed by atoms with Gasteiger partial charge >= 0.3 is 6.18 Å². The summed E-state index contributed by atoms with van der Waals surface area (Å²) in [4.78, 5) is 14.6. The van der Waals surface area contributed by atoms with Crippen LogP contribution < -0.4 is 4.90 Å². The molecule has 1 aliphatic carbocycles. The third-order valence-corrected chi connectivity index (χ3v) is 6.01. The first-order valence-corrected chi connectivity index (χ1v) is 8.56. The van der Waals surface area contributed by atoms with Gasteiger partial charge in [0.05, 0.1) is 17.6 Å². The Balaban J connectivity index is 1.48. The van der Waals surface area contributed by atoms with Crippen LogP contribution in [0.3, 0.4) is 0 Å². The van der Waals surface area contributed by atoms with Gasteiger partial charge in [-0.3, -0.25) is 4.79 Å². The summed E-state index contributed by atoms with van der Waals surface area (Å²) >= 11 is 0. The van der Waals surface area contributed by atoms with Crippen LogP contribution in [0.25, 0.3) is 0 Å². The average Bonchev–Trinajstić information content (AvgIpc) is 3.28. The fraction of sp³-hybridized carbons (Fsp3) is 0.611. The molecule has 1 aromatic rings. The first-order chi connectivity index (χ1) is 11.7. The number of ether oxygens (including phenoxy) is 1. The number of nitrogens with zero attached hydrogens (tertiary/aromatic N) is 1. The Morgan fingerprint density at radius 2 is 1.68 bits per heavy atom. The molecule has 1 atom stereocenters. The van der Waals surface area contributed by atoms with Gasteiger partial charge < -0.3 is 14.7 Å². The number of anilines is 1. The van der Waals surface area contributed by atoms with Gasteiger partial charge in [0.25, 0.3) is 0 Å². The first kappa shape index (κ1) is 16.8. The van der Waals surface area contributed by atoms with Crippen LogP contribution >= 0.6 is 0 Å². The number of epoxide rings is 1. The van der Waals surface area contributed by atoms with Gasteiger partial charge in [0.2, 0.25) is 5.91 Å². The van der Waals surface area contributed by atoms with Crippen molar-refractivity contribution in [2.45, 2.75) is 50.0 Å². The smallest absolute Gasteiger partial charge is 0.379 e. The van der Waals surface area contributed by atoms with Crippen LogP contribution in [0, 0.1) is 5.41 Å². The third-order valence-electron chi connectivity index (χ3n) is 6.01. The van der Waals surface area contributed by atoms with Gasteiger partial charge in [0.15, 0.2) is 6.10 Å². The lowest BCUT2D eigenvalue weighted by Crippen LogP contribution is -2.39. The highest BCUT2D eigenvalue weighted by atomic mass is 19.4. The highest BCUT2D eigenvalue weighted by Gasteiger charge is 2.56. The Labute approximate surface area is 143 Å². The van der Waals surface area contributed by atoms with Crippen molar-refractivity contribution in [3.8, 4) is 0 Å². The van der Waals surface area contributed by atoms with E-state index >= 15 is 0 Å². The maximum Gasteiger partial charge on any atom is 0.418 e. The van der Waals surface area contributed by atoms with Crippen LogP contribution in [0.4, 0.5) is 18.9 Å². The van der Waals surface area contributed by atoms with E-state index in [1.54, 1.807) is 4.90 Å². The van der Waals surface area contributed by atoms with Crippen molar-refractivity contribution >= 4 is 11.6 Å². The third kappa shape index (κ3) is 2.83. The molecule has 2 saturated heterocycles. The second-order valence-electron chi connectivity index (χ2n) is 7.49. The molecule has 0 bridgehead atoms. The van der Waals surface area contributed by atoms with Crippen molar-refractivity contribution in [3.05, 3.63) is 29.8 Å². The molecule has 1 amide bonds. The Morgan fingerprint density at radius 1 is 1.08 bits per heavy atom. The van der Waals surface area contributed by atoms with Crippen LogP contribution in [0.2, 0.25) is 0 Å². The fourth-order valence-corrected chi connectivity index (χ4v) is 4.13. The van der Waals surface area contributed by atoms with Gasteiger partial charge in [-0.05, 0) is 49.8 Å². The molecule has 25 heavy (non-hydrogen) atoms. The van der Waals surface area contributed by atoms with Crippen molar-refractivity contribution < 1.29 is 27.8 Å². The summed E-state index contributed by atoms with van der Waals surface area (Å²) in [6.07, 6.45) is -2.99. The summed E-state index contributed by atoms with van der Waals surface area (Å²) < 4.78 is 43.2. The molecule has 3 fully saturated rings. The average molecular weight is 355 g/mol. The molecule has 7 heteroatoms. The SMILES string of the molecule is O=C1N(c2ccc([C@@H](O)C(F)(F)F)cc2)CC[C@]12CC[C@@]1(CC2)CO1. The summed E-state index contributed by atoms with van der Waals surface area (Å²) in [6.45, 7) is 1.37. The highest BCUT2D eigenvalue weighted by Crippen LogP contribution is 2.53. The van der Waals surface area contributed by atoms with Gasteiger partial charge in [0.1, 0.15) is 0 Å². The maximum atomic E-state index is 12.9. The van der Waals surface area contributed by atoms with Crippen LogP contribution in [-0.2, 0) is 9.53 Å². The summed E-state index contributed by atoms with van der Waals surface area (Å²) in [6, 6.07) is 5.43. The predicted octanol–water partition coefficient (Wildman–Crippen LogP) is 3.35. The molecule has 4 rings (SSSR count). The molecular weight excluding hydrogens is 335 g/mol. The van der Waals surface area contributed by atoms with E-state index in [0.717, 1.165) is 38.7 Å². The molecule has 2 aliphatic heterocycles. The Bertz CT molecular complexity index is 672. The second kappa shape index (κ2) is 5.45. The maximum absolute atomic E-state index is 12.9. The zero-order valence-corrected chi connectivity index (χ0v) is 13.7. The van der Waals surface area contributed by atoms with Crippen LogP contribution in [0.5, 0.6) is 0 Å². The number of benzene rings is 1. The number of aliphatic hydroxyl groups is 1. The van der Waals surface area contributed by atoms with E-state index in [9.17, 15) is 23.1 Å². The van der Waals surface area contributed by atoms with Crippen LogP contribution in [0.1, 0.15) is 43.8 Å². The predicted molar refractivity (Wildman–Crippen MR) is 84.0 cm³/mol. The molecule has 3 aliphatic rings. The number of hydrogen-bond donors (Lipinski definition) is 1. The second-order valence-corrected chi connectivity index (χ2v) is 7.49. The Kier molecular flexibility index (Phi) is 3.67. The van der Waals surface area contributed by atoms with Crippen molar-refractivity contribution in [1.82, 2.24) is 0 Å². The van der Waals surface area contributed by atoms with Gasteiger partial charge in [-0.25, -0.2) is 0 Å². The van der Waals surface area contributed by atoms with Crippen molar-refractivity contribution in [3.63, 3.8) is 0 Å². The first-order valence-electron chi connectivity index (χ1n) is 8.56. The van der Waals surface area contributed by atoms with E-state index in [4.69, 9.17) is 4.74 Å². The lowest BCUT2D eigenvalue weighted by Gasteiger charge is -2.34. The van der Waals surface area contributed by atoms with Crippen LogP contribution in [0.15, 0.2) is 24.3 Å². The van der Waals surface area contributed by atoms with Gasteiger partial charge in [-0.1, -0.05) is 12.1 Å². The number of rotatable bonds is 2. The number of halogens is 3. The Hall–Kier alpha value is -1.60. The summed E-state index contributed by atoms with van der Waals surface area (Å²) in [5.41, 5.74) is 0.0430. The van der Waals surface area contributed by atoms with Crippen molar-refractivity contribution in [2.24, 2.45) is 5.41 Å². The molecule has 2 spiro atoms. The Morgan fingerprint density at radius 3 is 2.20 bits per heavy atom. The molecule has 1 aromatic carbocycles. The minimum absolute atomic E-state index is 0.0222. The summed E-state index contributed by atoms with van der Waals surface area (Å²) in [5.74, 6) is 0.0621. The number of alkyl halides is 3. The normalized spacial score (nSPS) is 33.3. The summed E-state index contributed by atoms with van der Waals surface area (Å²) in [5, 5.41) is 9.30. The number of carbonyl (C=O) groups excluding carboxylic acids is 1. The minimum atomic E-state index is -4.70. The molecule has 1 saturated carbocycles. The van der Waals surface area contributed by atoms with Crippen LogP contribution in [-0.4, -0.2) is 35.9 Å². The number of amides is 1. The molecule has 0 radical (unpaired) electrons. The van der Waals surface area contributed by atoms with Crippen molar-refractivity contribution in [2.75, 3.05) is 18.1 Å². The van der Waals surface area contributed by atoms with E-state index in [0.29, 0.717) is 12.2 Å². The molecule has 1 N–H and O–H groups in total. The highest BCUT2D eigenvalue weighted by molar-refractivity contribution is 6.00. The largest absolute Gasteiger partial charge is 0.418 e. The van der Waals surface area contributed by atoms with Gasteiger partial charge in [0, 0.05) is 12.2 Å². The summed E-state index contributed by atoms with van der Waals surface area (Å²) in [7, 11) is 0. The van der Waals surface area contributed by atoms with E-state index in [1.807, 2.05) is 0 Å². The molecule has 4 nitrogen and oxygen atoms in total. The molecule has 0 aromatic heterocycles. The van der Waals surface area contributed by atoms with E-state index in [2.05, 4.69) is 0 Å². The van der Waals surface area contributed by atoms with E-state index in [-0.39, 0.29) is 22.5 Å². The lowest BCUT2D eigenvalue weighted by molar-refractivity contribution is -0.206. The minimum Gasteiger partial charge on any atom is -0.379 e. The topological polar surface area (TPSA) is 53.1 Å². The van der Waals surface area contributed by atoms with Gasteiger partial charge in [-0.15, -0.1) is 0 Å². The molecule has 0 unspecified atom stereocenters. The van der Waals surface area contributed by atoms with E-state index < -0.39 is 12.3 Å². The van der Waals surface area contributed by atoms with Crippen molar-refractivity contribution in [1.29, 1.82) is 0 Å². The fourth-order valence-electron chi connectivity index (χ4n) is 4.13. The lowest BCUT2D eigenvalue weighted by atomic mass is 9.69. The zero-order chi connectivity index (χ0) is 17.9. The zero-order valence-electron chi connectivity index (χ0n) is 13.7. The van der Waals surface area contributed by atoms with Gasteiger partial charge in [-0.2, -0.15) is 13.2 Å². The number of carbonyl (C=O) groups is 1. The monoisotopic (exact) mass is 355 g/mol. The van der Waals surface area contributed by atoms with E-state index in [1.165, 1.54) is 24.3 Å². The molecule has 136 valence electrons. The number of hydrogen-bond acceptors (Lipinski definition) is 3. The standard InChI is InChI=1S/C18H20F3NO3/c19-18(20,21)14(23)12-1-3-13(4-2-12)22-10-9-16(15(22)24)5-7-17(8-6-16)11-25-17/h1-4,14,23H,5-11H2/t14-,16-,17-/m1/s1. The molecular formula is C18H20F3NO3.